The highest BCUT2D eigenvalue weighted by atomic mass is 35.5. The SMILES string of the molecule is COc1cc(C=Cc2ccc(Cl)cc2)cc(C=O)c1O. The van der Waals surface area contributed by atoms with Crippen LogP contribution in [0, 0.1) is 0 Å². The summed E-state index contributed by atoms with van der Waals surface area (Å²) in [6.45, 7) is 0. The molecule has 0 saturated heterocycles. The van der Waals surface area contributed by atoms with Gasteiger partial charge in [0.05, 0.1) is 12.7 Å². The first-order chi connectivity index (χ1) is 9.63. The van der Waals surface area contributed by atoms with Gasteiger partial charge in [0.1, 0.15) is 0 Å². The maximum Gasteiger partial charge on any atom is 0.168 e. The quantitative estimate of drug-likeness (QED) is 0.682. The molecule has 4 heteroatoms. The molecule has 0 heterocycles. The molecule has 102 valence electrons. The monoisotopic (exact) mass is 288 g/mol. The predicted molar refractivity (Wildman–Crippen MR) is 80.4 cm³/mol. The first-order valence-corrected chi connectivity index (χ1v) is 6.31. The molecule has 2 aromatic rings. The zero-order valence-electron chi connectivity index (χ0n) is 10.8. The highest BCUT2D eigenvalue weighted by Gasteiger charge is 2.08. The molecule has 0 aliphatic rings. The van der Waals surface area contributed by atoms with Crippen LogP contribution in [0.3, 0.4) is 0 Å². The molecular weight excluding hydrogens is 276 g/mol. The highest BCUT2D eigenvalue weighted by molar-refractivity contribution is 6.30. The zero-order chi connectivity index (χ0) is 14.5. The van der Waals surface area contributed by atoms with E-state index >= 15 is 0 Å². The van der Waals surface area contributed by atoms with Gasteiger partial charge in [-0.15, -0.1) is 0 Å². The van der Waals surface area contributed by atoms with Crippen LogP contribution in [0.4, 0.5) is 0 Å². The van der Waals surface area contributed by atoms with Crippen LogP contribution in [-0.2, 0) is 0 Å². The molecule has 0 atom stereocenters. The minimum Gasteiger partial charge on any atom is -0.504 e. The van der Waals surface area contributed by atoms with E-state index in [-0.39, 0.29) is 17.1 Å². The van der Waals surface area contributed by atoms with Gasteiger partial charge in [-0.1, -0.05) is 35.9 Å². The van der Waals surface area contributed by atoms with Crippen molar-refractivity contribution >= 4 is 30.0 Å². The second-order valence-electron chi connectivity index (χ2n) is 4.16. The number of carbonyl (C=O) groups is 1. The number of benzene rings is 2. The maximum atomic E-state index is 10.9. The Morgan fingerprint density at radius 2 is 1.75 bits per heavy atom. The molecule has 0 amide bonds. The fraction of sp³-hybridized carbons (Fsp3) is 0.0625. The van der Waals surface area contributed by atoms with E-state index in [0.717, 1.165) is 11.1 Å². The first-order valence-electron chi connectivity index (χ1n) is 5.94. The van der Waals surface area contributed by atoms with Gasteiger partial charge in [0.25, 0.3) is 0 Å². The van der Waals surface area contributed by atoms with E-state index in [9.17, 15) is 9.90 Å². The lowest BCUT2D eigenvalue weighted by Gasteiger charge is -2.06. The van der Waals surface area contributed by atoms with Crippen molar-refractivity contribution in [3.8, 4) is 11.5 Å². The van der Waals surface area contributed by atoms with Gasteiger partial charge in [-0.05, 0) is 35.4 Å². The highest BCUT2D eigenvalue weighted by Crippen LogP contribution is 2.31. The van der Waals surface area contributed by atoms with Gasteiger partial charge in [0, 0.05) is 5.02 Å². The number of methoxy groups -OCH3 is 1. The van der Waals surface area contributed by atoms with E-state index in [1.807, 2.05) is 24.3 Å². The zero-order valence-corrected chi connectivity index (χ0v) is 11.6. The first kappa shape index (κ1) is 14.2. The van der Waals surface area contributed by atoms with Gasteiger partial charge < -0.3 is 9.84 Å². The third-order valence-corrected chi connectivity index (χ3v) is 3.06. The predicted octanol–water partition coefficient (Wildman–Crippen LogP) is 4.04. The Hall–Kier alpha value is -2.26. The lowest BCUT2D eigenvalue weighted by Crippen LogP contribution is -1.90. The van der Waals surface area contributed by atoms with Crippen molar-refractivity contribution < 1.29 is 14.6 Å². The number of phenols is 1. The van der Waals surface area contributed by atoms with Crippen LogP contribution < -0.4 is 4.74 Å². The Labute approximate surface area is 122 Å². The lowest BCUT2D eigenvalue weighted by molar-refractivity contribution is 0.112. The van der Waals surface area contributed by atoms with Crippen molar-refractivity contribution in [2.75, 3.05) is 7.11 Å². The lowest BCUT2D eigenvalue weighted by atomic mass is 10.1. The van der Waals surface area contributed by atoms with E-state index in [4.69, 9.17) is 16.3 Å². The van der Waals surface area contributed by atoms with Crippen LogP contribution in [0.5, 0.6) is 11.5 Å². The van der Waals surface area contributed by atoms with Gasteiger partial charge in [-0.2, -0.15) is 0 Å². The summed E-state index contributed by atoms with van der Waals surface area (Å²) in [6, 6.07) is 10.6. The molecule has 0 unspecified atom stereocenters. The minimum atomic E-state index is -0.147. The van der Waals surface area contributed by atoms with Gasteiger partial charge in [0.2, 0.25) is 0 Å². The molecule has 1 N–H and O–H groups in total. The van der Waals surface area contributed by atoms with Crippen LogP contribution in [0.2, 0.25) is 5.02 Å². The van der Waals surface area contributed by atoms with Crippen LogP contribution >= 0.6 is 11.6 Å². The van der Waals surface area contributed by atoms with Crippen LogP contribution in [0.1, 0.15) is 21.5 Å². The largest absolute Gasteiger partial charge is 0.504 e. The third kappa shape index (κ3) is 3.19. The summed E-state index contributed by atoms with van der Waals surface area (Å²) >= 11 is 5.82. The summed E-state index contributed by atoms with van der Waals surface area (Å²) < 4.78 is 5.04. The van der Waals surface area contributed by atoms with Crippen molar-refractivity contribution in [3.05, 3.63) is 58.1 Å². The Kier molecular flexibility index (Phi) is 4.43. The summed E-state index contributed by atoms with van der Waals surface area (Å²) in [7, 11) is 1.44. The van der Waals surface area contributed by atoms with E-state index in [1.54, 1.807) is 24.3 Å². The Morgan fingerprint density at radius 3 is 2.35 bits per heavy atom. The number of aromatic hydroxyl groups is 1. The topological polar surface area (TPSA) is 46.5 Å². The van der Waals surface area contributed by atoms with Gasteiger partial charge >= 0.3 is 0 Å². The molecule has 0 saturated carbocycles. The molecule has 0 aliphatic carbocycles. The van der Waals surface area contributed by atoms with Gasteiger partial charge in [-0.3, -0.25) is 4.79 Å². The van der Waals surface area contributed by atoms with Crippen LogP contribution in [0.25, 0.3) is 12.2 Å². The average molecular weight is 289 g/mol. The summed E-state index contributed by atoms with van der Waals surface area (Å²) in [5.41, 5.74) is 1.94. The van der Waals surface area contributed by atoms with E-state index in [1.165, 1.54) is 7.11 Å². The Balaban J connectivity index is 2.33. The standard InChI is InChI=1S/C16H13ClO3/c1-20-15-9-12(8-13(10-18)16(15)19)3-2-11-4-6-14(17)7-5-11/h2-10,19H,1H3. The number of phenolic OH excluding ortho intramolecular Hbond substituents is 1. The number of ether oxygens (including phenoxy) is 1. The fourth-order valence-corrected chi connectivity index (χ4v) is 1.89. The summed E-state index contributed by atoms with van der Waals surface area (Å²) in [5.74, 6) is 0.122. The third-order valence-electron chi connectivity index (χ3n) is 2.81. The van der Waals surface area contributed by atoms with Crippen molar-refractivity contribution in [2.45, 2.75) is 0 Å². The van der Waals surface area contributed by atoms with E-state index in [2.05, 4.69) is 0 Å². The fourth-order valence-electron chi connectivity index (χ4n) is 1.76. The normalized spacial score (nSPS) is 10.7. The minimum absolute atomic E-state index is 0.147. The summed E-state index contributed by atoms with van der Waals surface area (Å²) in [6.07, 6.45) is 4.31. The van der Waals surface area contributed by atoms with E-state index < -0.39 is 0 Å². The van der Waals surface area contributed by atoms with Crippen molar-refractivity contribution in [2.24, 2.45) is 0 Å². The van der Waals surface area contributed by atoms with E-state index in [0.29, 0.717) is 11.3 Å². The molecule has 3 nitrogen and oxygen atoms in total. The molecule has 0 aliphatic heterocycles. The number of halogens is 1. The number of hydrogen-bond acceptors (Lipinski definition) is 3. The number of hydrogen-bond donors (Lipinski definition) is 1. The average Bonchev–Trinajstić information content (AvgIpc) is 2.47. The maximum absolute atomic E-state index is 10.9. The van der Waals surface area contributed by atoms with Crippen molar-refractivity contribution in [1.29, 1.82) is 0 Å². The molecule has 0 bridgehead atoms. The second kappa shape index (κ2) is 6.26. The van der Waals surface area contributed by atoms with Gasteiger partial charge in [0.15, 0.2) is 17.8 Å². The smallest absolute Gasteiger partial charge is 0.168 e. The second-order valence-corrected chi connectivity index (χ2v) is 4.60. The number of aldehydes is 1. The Morgan fingerprint density at radius 1 is 1.10 bits per heavy atom. The van der Waals surface area contributed by atoms with Crippen molar-refractivity contribution in [3.63, 3.8) is 0 Å². The molecule has 20 heavy (non-hydrogen) atoms. The molecule has 2 rings (SSSR count). The van der Waals surface area contributed by atoms with Crippen LogP contribution in [0.15, 0.2) is 36.4 Å². The molecule has 0 spiro atoms. The molecular formula is C16H13ClO3. The number of rotatable bonds is 4. The molecule has 0 radical (unpaired) electrons. The molecule has 2 aromatic carbocycles. The van der Waals surface area contributed by atoms with Crippen LogP contribution in [-0.4, -0.2) is 18.5 Å². The molecule has 0 fully saturated rings. The number of carbonyl (C=O) groups excluding carboxylic acids is 1. The van der Waals surface area contributed by atoms with Crippen molar-refractivity contribution in [1.82, 2.24) is 0 Å². The molecule has 0 aromatic heterocycles. The summed E-state index contributed by atoms with van der Waals surface area (Å²) in [5, 5.41) is 10.4. The van der Waals surface area contributed by atoms with Gasteiger partial charge in [-0.25, -0.2) is 0 Å². The Bertz CT molecular complexity index is 646. The summed E-state index contributed by atoms with van der Waals surface area (Å²) in [4.78, 5) is 10.9.